The van der Waals surface area contributed by atoms with Crippen molar-refractivity contribution in [3.63, 3.8) is 0 Å². The van der Waals surface area contributed by atoms with Gasteiger partial charge in [0.05, 0.1) is 5.69 Å². The highest BCUT2D eigenvalue weighted by molar-refractivity contribution is 7.94. The minimum Gasteiger partial charge on any atom is -0.337 e. The molecule has 2 aromatic heterocycles. The third-order valence-corrected chi connectivity index (χ3v) is 6.30. The van der Waals surface area contributed by atoms with Crippen LogP contribution in [0.3, 0.4) is 0 Å². The Bertz CT molecular complexity index is 721. The number of aryl methyl sites for hydroxylation is 1. The Balaban J connectivity index is 2.32. The van der Waals surface area contributed by atoms with E-state index in [0.29, 0.717) is 11.3 Å². The fraction of sp³-hybridized carbons (Fsp3) is 0.462. The zero-order chi connectivity index (χ0) is 15.1. The minimum atomic E-state index is -3.63. The lowest BCUT2D eigenvalue weighted by Crippen LogP contribution is -2.12. The molecule has 20 heavy (non-hydrogen) atoms. The van der Waals surface area contributed by atoms with E-state index in [0.717, 1.165) is 4.88 Å². The summed E-state index contributed by atoms with van der Waals surface area (Å²) in [6.45, 7) is 9.67. The zero-order valence-corrected chi connectivity index (χ0v) is 13.8. The van der Waals surface area contributed by atoms with Gasteiger partial charge >= 0.3 is 0 Å². The second-order valence-corrected chi connectivity index (χ2v) is 8.69. The predicted molar refractivity (Wildman–Crippen MR) is 79.8 cm³/mol. The molecule has 2 heterocycles. The molecule has 0 radical (unpaired) electrons. The smallest absolute Gasteiger partial charge is 0.273 e. The first-order valence-corrected chi connectivity index (χ1v) is 8.47. The molecule has 0 atom stereocenters. The first-order valence-electron chi connectivity index (χ1n) is 6.17. The van der Waals surface area contributed by atoms with Crippen molar-refractivity contribution >= 4 is 27.2 Å². The van der Waals surface area contributed by atoms with Crippen molar-refractivity contribution in [3.05, 3.63) is 28.3 Å². The largest absolute Gasteiger partial charge is 0.337 e. The minimum absolute atomic E-state index is 0.0722. The summed E-state index contributed by atoms with van der Waals surface area (Å²) >= 11 is 1.27. The van der Waals surface area contributed by atoms with Crippen molar-refractivity contribution in [2.24, 2.45) is 0 Å². The quantitative estimate of drug-likeness (QED) is 0.941. The van der Waals surface area contributed by atoms with E-state index in [9.17, 15) is 8.42 Å². The highest BCUT2D eigenvalue weighted by Gasteiger charge is 2.24. The second-order valence-electron chi connectivity index (χ2n) is 5.70. The monoisotopic (exact) mass is 314 g/mol. The average Bonchev–Trinajstić information content (AvgIpc) is 2.91. The number of thiophene rings is 1. The second kappa shape index (κ2) is 4.89. The number of anilines is 1. The molecule has 0 unspecified atom stereocenters. The van der Waals surface area contributed by atoms with Crippen LogP contribution >= 0.6 is 11.3 Å². The molecule has 7 heteroatoms. The Morgan fingerprint density at radius 1 is 1.25 bits per heavy atom. The highest BCUT2D eigenvalue weighted by Crippen LogP contribution is 2.32. The molecule has 0 amide bonds. The summed E-state index contributed by atoms with van der Waals surface area (Å²) in [5.74, 6) is 0.174. The van der Waals surface area contributed by atoms with Gasteiger partial charge in [-0.05, 0) is 31.4 Å². The Morgan fingerprint density at radius 2 is 1.90 bits per heavy atom. The van der Waals surface area contributed by atoms with E-state index >= 15 is 0 Å². The van der Waals surface area contributed by atoms with Crippen LogP contribution in [0.2, 0.25) is 0 Å². The molecule has 0 bridgehead atoms. The molecular weight excluding hydrogens is 296 g/mol. The first kappa shape index (κ1) is 15.1. The third kappa shape index (κ3) is 2.88. The lowest BCUT2D eigenvalue weighted by Gasteiger charge is -2.15. The van der Waals surface area contributed by atoms with E-state index in [-0.39, 0.29) is 15.5 Å². The summed E-state index contributed by atoms with van der Waals surface area (Å²) in [6.07, 6.45) is 0. The van der Waals surface area contributed by atoms with Gasteiger partial charge in [0.2, 0.25) is 5.88 Å². The van der Waals surface area contributed by atoms with Crippen LogP contribution in [0.5, 0.6) is 0 Å². The molecule has 5 nitrogen and oxygen atoms in total. The van der Waals surface area contributed by atoms with Crippen LogP contribution in [0.4, 0.5) is 5.88 Å². The van der Waals surface area contributed by atoms with E-state index in [4.69, 9.17) is 4.52 Å². The molecule has 0 saturated carbocycles. The van der Waals surface area contributed by atoms with Crippen LogP contribution in [-0.4, -0.2) is 13.6 Å². The maximum Gasteiger partial charge on any atom is 0.273 e. The van der Waals surface area contributed by atoms with Gasteiger partial charge in [0, 0.05) is 10.4 Å². The molecular formula is C13H18N2O3S2. The summed E-state index contributed by atoms with van der Waals surface area (Å²) in [5.41, 5.74) is 1.29. The normalized spacial score (nSPS) is 12.7. The maximum absolute atomic E-state index is 12.3. The van der Waals surface area contributed by atoms with Crippen LogP contribution < -0.4 is 4.72 Å². The molecule has 1 N–H and O–H groups in total. The highest BCUT2D eigenvalue weighted by atomic mass is 32.2. The molecule has 0 aliphatic heterocycles. The van der Waals surface area contributed by atoms with Gasteiger partial charge < -0.3 is 4.52 Å². The van der Waals surface area contributed by atoms with Gasteiger partial charge in [-0.2, -0.15) is 0 Å². The van der Waals surface area contributed by atoms with Crippen molar-refractivity contribution in [3.8, 4) is 0 Å². The van der Waals surface area contributed by atoms with Crippen molar-refractivity contribution in [2.45, 2.75) is 44.2 Å². The molecule has 2 aromatic rings. The van der Waals surface area contributed by atoms with Crippen LogP contribution in [0.15, 0.2) is 20.9 Å². The fourth-order valence-electron chi connectivity index (χ4n) is 1.55. The van der Waals surface area contributed by atoms with Gasteiger partial charge in [-0.1, -0.05) is 25.9 Å². The number of aromatic nitrogens is 1. The van der Waals surface area contributed by atoms with Gasteiger partial charge in [0.15, 0.2) is 0 Å². The van der Waals surface area contributed by atoms with Crippen molar-refractivity contribution < 1.29 is 12.9 Å². The molecule has 110 valence electrons. The number of nitrogens with zero attached hydrogens (tertiary/aromatic N) is 1. The van der Waals surface area contributed by atoms with E-state index in [1.165, 1.54) is 11.3 Å². The van der Waals surface area contributed by atoms with Gasteiger partial charge in [-0.15, -0.1) is 11.3 Å². The molecule has 0 aliphatic rings. The van der Waals surface area contributed by atoms with Crippen LogP contribution in [0.25, 0.3) is 0 Å². The SMILES string of the molecule is Cc1noc(NS(=O)(=O)c2ccc(C(C)(C)C)s2)c1C. The Hall–Kier alpha value is -1.34. The summed E-state index contributed by atoms with van der Waals surface area (Å²) in [7, 11) is -3.63. The zero-order valence-electron chi connectivity index (χ0n) is 12.1. The molecule has 2 rings (SSSR count). The van der Waals surface area contributed by atoms with Gasteiger partial charge in [0.1, 0.15) is 4.21 Å². The standard InChI is InChI=1S/C13H18N2O3S2/c1-8-9(2)14-18-12(8)15-20(16,17)11-7-6-10(19-11)13(3,4)5/h6-7,15H,1-5H3. The van der Waals surface area contributed by atoms with Crippen molar-refractivity contribution in [1.29, 1.82) is 0 Å². The Morgan fingerprint density at radius 3 is 2.35 bits per heavy atom. The predicted octanol–water partition coefficient (Wildman–Crippen LogP) is 3.45. The Labute approximate surface area is 123 Å². The number of hydrogen-bond donors (Lipinski definition) is 1. The van der Waals surface area contributed by atoms with E-state index in [1.807, 2.05) is 26.8 Å². The topological polar surface area (TPSA) is 72.2 Å². The summed E-state index contributed by atoms with van der Waals surface area (Å²) in [4.78, 5) is 1.02. The van der Waals surface area contributed by atoms with Crippen LogP contribution in [0.1, 0.15) is 36.9 Å². The summed E-state index contributed by atoms with van der Waals surface area (Å²) in [5, 5.41) is 3.74. The van der Waals surface area contributed by atoms with E-state index in [2.05, 4.69) is 9.88 Å². The van der Waals surface area contributed by atoms with Crippen LogP contribution in [-0.2, 0) is 15.4 Å². The van der Waals surface area contributed by atoms with Gasteiger partial charge in [-0.25, -0.2) is 13.1 Å². The molecule has 0 saturated heterocycles. The number of nitrogens with one attached hydrogen (secondary N) is 1. The molecule has 0 spiro atoms. The lowest BCUT2D eigenvalue weighted by atomic mass is 9.95. The lowest BCUT2D eigenvalue weighted by molar-refractivity contribution is 0.430. The fourth-order valence-corrected chi connectivity index (χ4v) is 3.96. The van der Waals surface area contributed by atoms with Crippen LogP contribution in [0, 0.1) is 13.8 Å². The van der Waals surface area contributed by atoms with Crippen molar-refractivity contribution in [2.75, 3.05) is 4.72 Å². The van der Waals surface area contributed by atoms with Gasteiger partial charge in [-0.3, -0.25) is 0 Å². The van der Waals surface area contributed by atoms with Gasteiger partial charge in [0.25, 0.3) is 10.0 Å². The van der Waals surface area contributed by atoms with Crippen molar-refractivity contribution in [1.82, 2.24) is 5.16 Å². The number of rotatable bonds is 3. The molecule has 0 fully saturated rings. The number of sulfonamides is 1. The first-order chi connectivity index (χ1) is 9.11. The molecule has 0 aliphatic carbocycles. The Kier molecular flexibility index (Phi) is 3.68. The third-order valence-electron chi connectivity index (χ3n) is 2.97. The summed E-state index contributed by atoms with van der Waals surface area (Å²) in [6, 6.07) is 3.46. The summed E-state index contributed by atoms with van der Waals surface area (Å²) < 4.78 is 32.3. The average molecular weight is 314 g/mol. The maximum atomic E-state index is 12.3. The van der Waals surface area contributed by atoms with E-state index < -0.39 is 10.0 Å². The number of hydrogen-bond acceptors (Lipinski definition) is 5. The molecule has 0 aromatic carbocycles. The van der Waals surface area contributed by atoms with E-state index in [1.54, 1.807) is 19.9 Å².